The predicted molar refractivity (Wildman–Crippen MR) is 140 cm³/mol. The highest BCUT2D eigenvalue weighted by atomic mass is 16.5. The van der Waals surface area contributed by atoms with E-state index in [1.807, 2.05) is 13.0 Å². The van der Waals surface area contributed by atoms with E-state index in [1.54, 1.807) is 6.08 Å². The molecule has 33 heavy (non-hydrogen) atoms. The topological polar surface area (TPSA) is 43.4 Å². The Bertz CT molecular complexity index is 738. The monoisotopic (exact) mass is 454 g/mol. The quantitative estimate of drug-likeness (QED) is 0.246. The molecule has 5 atom stereocenters. The summed E-state index contributed by atoms with van der Waals surface area (Å²) in [7, 11) is 0. The molecule has 3 nitrogen and oxygen atoms in total. The second kappa shape index (κ2) is 16.5. The smallest absolute Gasteiger partial charge is 0.330 e. The molecule has 0 aliphatic carbocycles. The summed E-state index contributed by atoms with van der Waals surface area (Å²) in [6.07, 6.45) is 23.8. The SMILES string of the molecule is C/C(=C\[C@H](C)[C@H]1C/C(C)=C/C=C/CC[C@@H](C)[C@H](C)/C=C/[C@H](C)CCC/C=C/C(=O)O1)CC=O. The molecule has 0 N–H and O–H groups in total. The molecule has 0 saturated heterocycles. The maximum Gasteiger partial charge on any atom is 0.330 e. The van der Waals surface area contributed by atoms with Gasteiger partial charge in [-0.2, -0.15) is 0 Å². The molecule has 0 aromatic carbocycles. The number of aldehydes is 1. The van der Waals surface area contributed by atoms with Crippen molar-refractivity contribution < 1.29 is 14.3 Å². The lowest BCUT2D eigenvalue weighted by atomic mass is 9.90. The van der Waals surface area contributed by atoms with E-state index in [1.165, 1.54) is 12.0 Å². The number of cyclic esters (lactones) is 1. The number of rotatable bonds is 4. The Morgan fingerprint density at radius 1 is 1.15 bits per heavy atom. The molecule has 0 aromatic rings. The van der Waals surface area contributed by atoms with Gasteiger partial charge in [-0.25, -0.2) is 4.79 Å². The molecule has 1 aliphatic heterocycles. The van der Waals surface area contributed by atoms with Crippen molar-refractivity contribution in [1.82, 2.24) is 0 Å². The number of carbonyl (C=O) groups excluding carboxylic acids is 2. The average molecular weight is 455 g/mol. The Hall–Kier alpha value is -2.16. The maximum atomic E-state index is 12.5. The zero-order valence-corrected chi connectivity index (χ0v) is 21.8. The number of ether oxygens (including phenoxy) is 1. The van der Waals surface area contributed by atoms with Gasteiger partial charge in [0.25, 0.3) is 0 Å². The van der Waals surface area contributed by atoms with Crippen LogP contribution in [-0.2, 0) is 14.3 Å². The van der Waals surface area contributed by atoms with Crippen molar-refractivity contribution in [2.45, 2.75) is 92.6 Å². The molecular weight excluding hydrogens is 408 g/mol. The van der Waals surface area contributed by atoms with Gasteiger partial charge in [-0.1, -0.05) is 81.4 Å². The van der Waals surface area contributed by atoms with Gasteiger partial charge in [0.2, 0.25) is 0 Å². The third-order valence-electron chi connectivity index (χ3n) is 6.56. The molecule has 1 rings (SSSR count). The third kappa shape index (κ3) is 13.2. The van der Waals surface area contributed by atoms with Crippen LogP contribution in [0, 0.1) is 23.7 Å². The summed E-state index contributed by atoms with van der Waals surface area (Å²) in [6.45, 7) is 13.0. The molecule has 0 radical (unpaired) electrons. The van der Waals surface area contributed by atoms with E-state index in [4.69, 9.17) is 4.74 Å². The number of allylic oxidation sites excluding steroid dienone is 7. The molecule has 0 amide bonds. The lowest BCUT2D eigenvalue weighted by molar-refractivity contribution is -0.144. The molecule has 0 bridgehead atoms. The first-order valence-corrected chi connectivity index (χ1v) is 12.7. The fourth-order valence-corrected chi connectivity index (χ4v) is 4.00. The second-order valence-electron chi connectivity index (χ2n) is 9.97. The van der Waals surface area contributed by atoms with E-state index >= 15 is 0 Å². The minimum atomic E-state index is -0.290. The Balaban J connectivity index is 2.99. The molecule has 184 valence electrons. The van der Waals surface area contributed by atoms with Crippen LogP contribution < -0.4 is 0 Å². The lowest BCUT2D eigenvalue weighted by Crippen LogP contribution is -2.24. The van der Waals surface area contributed by atoms with Gasteiger partial charge in [0.15, 0.2) is 0 Å². The summed E-state index contributed by atoms with van der Waals surface area (Å²) in [5.41, 5.74) is 2.18. The Morgan fingerprint density at radius 2 is 1.91 bits per heavy atom. The van der Waals surface area contributed by atoms with Crippen molar-refractivity contribution >= 4 is 12.3 Å². The first kappa shape index (κ1) is 28.9. The zero-order chi connectivity index (χ0) is 24.6. The fourth-order valence-electron chi connectivity index (χ4n) is 4.00. The summed E-state index contributed by atoms with van der Waals surface area (Å²) in [5, 5.41) is 0. The normalized spacial score (nSPS) is 32.5. The first-order valence-electron chi connectivity index (χ1n) is 12.7. The van der Waals surface area contributed by atoms with Crippen molar-refractivity contribution in [3.05, 3.63) is 59.8 Å². The molecule has 3 heteroatoms. The molecular formula is C30H46O3. The molecule has 1 heterocycles. The molecule has 0 aromatic heterocycles. The second-order valence-corrected chi connectivity index (χ2v) is 9.97. The van der Waals surface area contributed by atoms with Crippen LogP contribution in [0.4, 0.5) is 0 Å². The Labute approximate surface area is 202 Å². The molecule has 0 saturated carbocycles. The summed E-state index contributed by atoms with van der Waals surface area (Å²) in [5.74, 6) is 1.52. The number of hydrogen-bond acceptors (Lipinski definition) is 3. The standard InChI is InChI=1S/C30H46O3/c1-23-13-9-8-12-16-30(32)33-29(28(6)21-25(3)19-20-31)22-24(2)14-10-7-11-15-26(4)27(5)18-17-23/h7,10,12,14,16-18,20-21,23,26-29H,8-9,11,13,15,19,22H2,1-6H3/b10-7+,16-12+,18-17+,24-14+,25-21+/t23-,26-,27-,28+,29-/m1/s1. The van der Waals surface area contributed by atoms with Crippen molar-refractivity contribution in [2.24, 2.45) is 23.7 Å². The van der Waals surface area contributed by atoms with Crippen molar-refractivity contribution in [2.75, 3.05) is 0 Å². The summed E-state index contributed by atoms with van der Waals surface area (Å²) < 4.78 is 5.86. The largest absolute Gasteiger partial charge is 0.458 e. The van der Waals surface area contributed by atoms with Gasteiger partial charge in [-0.05, 0) is 63.7 Å². The van der Waals surface area contributed by atoms with Crippen LogP contribution in [-0.4, -0.2) is 18.4 Å². The van der Waals surface area contributed by atoms with Gasteiger partial charge in [0.05, 0.1) is 0 Å². The van der Waals surface area contributed by atoms with Crippen LogP contribution in [0.5, 0.6) is 0 Å². The lowest BCUT2D eigenvalue weighted by Gasteiger charge is -2.22. The summed E-state index contributed by atoms with van der Waals surface area (Å²) in [4.78, 5) is 23.3. The highest BCUT2D eigenvalue weighted by Crippen LogP contribution is 2.22. The Kier molecular flexibility index (Phi) is 14.4. The van der Waals surface area contributed by atoms with Gasteiger partial charge >= 0.3 is 5.97 Å². The van der Waals surface area contributed by atoms with Crippen LogP contribution in [0.3, 0.4) is 0 Å². The minimum Gasteiger partial charge on any atom is -0.458 e. The molecule has 0 fully saturated rings. The van der Waals surface area contributed by atoms with Crippen molar-refractivity contribution in [3.63, 3.8) is 0 Å². The van der Waals surface area contributed by atoms with Crippen LogP contribution in [0.2, 0.25) is 0 Å². The van der Waals surface area contributed by atoms with Crippen molar-refractivity contribution in [1.29, 1.82) is 0 Å². The molecule has 0 spiro atoms. The number of carbonyl (C=O) groups is 2. The predicted octanol–water partition coefficient (Wildman–Crippen LogP) is 7.95. The van der Waals surface area contributed by atoms with Crippen LogP contribution in [0.15, 0.2) is 59.8 Å². The van der Waals surface area contributed by atoms with Gasteiger partial charge in [0.1, 0.15) is 12.4 Å². The first-order chi connectivity index (χ1) is 15.7. The van der Waals surface area contributed by atoms with E-state index in [0.29, 0.717) is 30.6 Å². The van der Waals surface area contributed by atoms with Gasteiger partial charge < -0.3 is 9.53 Å². The molecule has 0 unspecified atom stereocenters. The average Bonchev–Trinajstić information content (AvgIpc) is 2.75. The Morgan fingerprint density at radius 3 is 2.64 bits per heavy atom. The maximum absolute atomic E-state index is 12.5. The van der Waals surface area contributed by atoms with E-state index in [-0.39, 0.29) is 18.0 Å². The van der Waals surface area contributed by atoms with E-state index < -0.39 is 0 Å². The van der Waals surface area contributed by atoms with E-state index in [2.05, 4.69) is 71.1 Å². The minimum absolute atomic E-state index is 0.0301. The fraction of sp³-hybridized carbons (Fsp3) is 0.600. The number of hydrogen-bond donors (Lipinski definition) is 0. The van der Waals surface area contributed by atoms with Crippen molar-refractivity contribution in [3.8, 4) is 0 Å². The summed E-state index contributed by atoms with van der Waals surface area (Å²) >= 11 is 0. The van der Waals surface area contributed by atoms with E-state index in [9.17, 15) is 9.59 Å². The van der Waals surface area contributed by atoms with E-state index in [0.717, 1.165) is 37.5 Å². The summed E-state index contributed by atoms with van der Waals surface area (Å²) in [6, 6.07) is 0. The molecule has 1 aliphatic rings. The van der Waals surface area contributed by atoms with Crippen LogP contribution in [0.25, 0.3) is 0 Å². The van der Waals surface area contributed by atoms with Crippen LogP contribution in [0.1, 0.15) is 86.5 Å². The highest BCUT2D eigenvalue weighted by Gasteiger charge is 2.20. The van der Waals surface area contributed by atoms with Crippen LogP contribution >= 0.6 is 0 Å². The third-order valence-corrected chi connectivity index (χ3v) is 6.56. The highest BCUT2D eigenvalue weighted by molar-refractivity contribution is 5.82. The number of esters is 1. The van der Waals surface area contributed by atoms with Gasteiger partial charge in [-0.3, -0.25) is 0 Å². The zero-order valence-electron chi connectivity index (χ0n) is 21.8. The van der Waals surface area contributed by atoms with Gasteiger partial charge in [-0.15, -0.1) is 0 Å². The van der Waals surface area contributed by atoms with Gasteiger partial charge in [0, 0.05) is 24.8 Å².